The number of hydrogen-bond acceptors (Lipinski definition) is 4. The number of amides is 1. The number of nitrogens with zero attached hydrogens (tertiary/aromatic N) is 3. The Morgan fingerprint density at radius 3 is 2.86 bits per heavy atom. The van der Waals surface area contributed by atoms with Crippen molar-refractivity contribution in [2.24, 2.45) is 0 Å². The Hall–Kier alpha value is -1.55. The van der Waals surface area contributed by atoms with Gasteiger partial charge in [0.25, 0.3) is 5.91 Å². The van der Waals surface area contributed by atoms with E-state index in [9.17, 15) is 18.0 Å². The van der Waals surface area contributed by atoms with E-state index in [1.165, 1.54) is 11.3 Å². The molecule has 2 aromatic rings. The molecule has 4 rings (SSSR count). The van der Waals surface area contributed by atoms with Gasteiger partial charge < -0.3 is 10.2 Å². The lowest BCUT2D eigenvalue weighted by Crippen LogP contribution is -2.43. The fraction of sp³-hybridized carbons (Fsp3) is 0.579. The van der Waals surface area contributed by atoms with Crippen molar-refractivity contribution in [3.63, 3.8) is 0 Å². The summed E-state index contributed by atoms with van der Waals surface area (Å²) in [6, 6.07) is 1.48. The Bertz CT molecular complexity index is 883. The van der Waals surface area contributed by atoms with E-state index in [2.05, 4.69) is 26.3 Å². The molecule has 2 aliphatic heterocycles. The first-order valence-corrected chi connectivity index (χ1v) is 11.4. The quantitative estimate of drug-likeness (QED) is 0.593. The van der Waals surface area contributed by atoms with Gasteiger partial charge in [-0.2, -0.15) is 18.3 Å². The first-order valence-electron chi connectivity index (χ1n) is 9.76. The van der Waals surface area contributed by atoms with Gasteiger partial charge in [0.15, 0.2) is 11.7 Å². The maximum atomic E-state index is 13.9. The molecule has 1 amide bonds. The summed E-state index contributed by atoms with van der Waals surface area (Å²) in [6.45, 7) is 2.64. The Kier molecular flexibility index (Phi) is 5.67. The highest BCUT2D eigenvalue weighted by Crippen LogP contribution is 2.47. The fourth-order valence-corrected chi connectivity index (χ4v) is 5.57. The predicted octanol–water partition coefficient (Wildman–Crippen LogP) is 5.77. The normalized spacial score (nSPS) is 24.9. The highest BCUT2D eigenvalue weighted by molar-refractivity contribution is 9.10. The summed E-state index contributed by atoms with van der Waals surface area (Å²) in [5, 5.41) is 9.17. The summed E-state index contributed by atoms with van der Waals surface area (Å²) < 4.78 is 42.8. The number of halogens is 4. The molecule has 0 saturated carbocycles. The van der Waals surface area contributed by atoms with Gasteiger partial charge in [-0.05, 0) is 53.1 Å². The Morgan fingerprint density at radius 2 is 2.21 bits per heavy atom. The van der Waals surface area contributed by atoms with Gasteiger partial charge in [0.2, 0.25) is 0 Å². The highest BCUT2D eigenvalue weighted by Gasteiger charge is 2.48. The lowest BCUT2D eigenvalue weighted by molar-refractivity contribution is -0.173. The first-order chi connectivity index (χ1) is 13.8. The van der Waals surface area contributed by atoms with E-state index < -0.39 is 18.3 Å². The Balaban J connectivity index is 1.72. The number of nitrogens with one attached hydrogen (secondary N) is 1. The van der Waals surface area contributed by atoms with E-state index in [0.29, 0.717) is 11.0 Å². The molecule has 4 heterocycles. The van der Waals surface area contributed by atoms with Crippen molar-refractivity contribution in [3.05, 3.63) is 32.6 Å². The second kappa shape index (κ2) is 7.94. The molecular weight excluding hydrogens is 469 g/mol. The van der Waals surface area contributed by atoms with E-state index in [1.807, 2.05) is 24.4 Å². The van der Waals surface area contributed by atoms with Gasteiger partial charge in [-0.3, -0.25) is 4.79 Å². The molecule has 2 aromatic heterocycles. The van der Waals surface area contributed by atoms with Gasteiger partial charge in [0.05, 0.1) is 10.5 Å². The maximum absolute atomic E-state index is 13.9. The number of carbonyl (C=O) groups excluding carboxylic acids is 1. The molecule has 5 nitrogen and oxygen atoms in total. The molecule has 0 bridgehead atoms. The van der Waals surface area contributed by atoms with Crippen LogP contribution >= 0.6 is 27.3 Å². The molecule has 1 N–H and O–H groups in total. The zero-order chi connectivity index (χ0) is 20.8. The van der Waals surface area contributed by atoms with Crippen LogP contribution in [0, 0.1) is 0 Å². The minimum Gasteiger partial charge on any atom is -0.362 e. The minimum absolute atomic E-state index is 0.0499. The van der Waals surface area contributed by atoms with Gasteiger partial charge in [-0.25, -0.2) is 4.68 Å². The van der Waals surface area contributed by atoms with E-state index >= 15 is 0 Å². The SMILES string of the molecule is CC[C@@H]1CCCCN1C(=O)c1nn2c(c1Br)N[C@H](c1cccs1)C[C@@H]2C(F)(F)F. The molecule has 10 heteroatoms. The van der Waals surface area contributed by atoms with Gasteiger partial charge in [-0.15, -0.1) is 11.3 Å². The third-order valence-electron chi connectivity index (χ3n) is 5.74. The number of piperidine rings is 1. The van der Waals surface area contributed by atoms with Crippen molar-refractivity contribution >= 4 is 39.0 Å². The van der Waals surface area contributed by atoms with Crippen LogP contribution in [-0.2, 0) is 0 Å². The molecule has 158 valence electrons. The molecule has 29 heavy (non-hydrogen) atoms. The van der Waals surface area contributed by atoms with E-state index in [4.69, 9.17) is 0 Å². The molecule has 0 unspecified atom stereocenters. The number of rotatable bonds is 3. The van der Waals surface area contributed by atoms with Gasteiger partial charge in [-0.1, -0.05) is 13.0 Å². The summed E-state index contributed by atoms with van der Waals surface area (Å²) in [7, 11) is 0. The standard InChI is InChI=1S/C19H22BrF3N4OS/c1-2-11-6-3-4-8-26(11)18(28)16-15(20)17-24-12(13-7-5-9-29-13)10-14(19(21,22)23)27(17)25-16/h5,7,9,11-12,14,24H,2-4,6,8,10H2,1H3/t11-,12+,14-/m1/s1. The molecule has 1 fully saturated rings. The second-order valence-corrected chi connectivity index (χ2v) is 9.29. The fourth-order valence-electron chi connectivity index (χ4n) is 4.23. The average molecular weight is 491 g/mol. The molecule has 0 spiro atoms. The summed E-state index contributed by atoms with van der Waals surface area (Å²) in [6.07, 6.45) is -0.936. The number of hydrogen-bond donors (Lipinski definition) is 1. The van der Waals surface area contributed by atoms with Crippen LogP contribution in [0.5, 0.6) is 0 Å². The van der Waals surface area contributed by atoms with E-state index in [-0.39, 0.29) is 29.9 Å². The van der Waals surface area contributed by atoms with Gasteiger partial charge >= 0.3 is 6.18 Å². The van der Waals surface area contributed by atoms with Crippen molar-refractivity contribution in [2.45, 2.75) is 63.3 Å². The maximum Gasteiger partial charge on any atom is 0.410 e. The Morgan fingerprint density at radius 1 is 1.41 bits per heavy atom. The van der Waals surface area contributed by atoms with Crippen LogP contribution in [0.4, 0.5) is 19.0 Å². The van der Waals surface area contributed by atoms with Crippen LogP contribution in [0.25, 0.3) is 0 Å². The number of carbonyl (C=O) groups is 1. The molecule has 0 radical (unpaired) electrons. The smallest absolute Gasteiger partial charge is 0.362 e. The van der Waals surface area contributed by atoms with E-state index in [0.717, 1.165) is 35.2 Å². The summed E-state index contributed by atoms with van der Waals surface area (Å²) in [4.78, 5) is 15.8. The van der Waals surface area contributed by atoms with Crippen LogP contribution in [0.15, 0.2) is 22.0 Å². The molecule has 0 aromatic carbocycles. The highest BCUT2D eigenvalue weighted by atomic mass is 79.9. The van der Waals surface area contributed by atoms with Crippen LogP contribution in [0.1, 0.15) is 66.5 Å². The number of fused-ring (bicyclic) bond motifs is 1. The third kappa shape index (κ3) is 3.81. The van der Waals surface area contributed by atoms with Crippen molar-refractivity contribution in [1.29, 1.82) is 0 Å². The monoisotopic (exact) mass is 490 g/mol. The van der Waals surface area contributed by atoms with Crippen LogP contribution < -0.4 is 5.32 Å². The van der Waals surface area contributed by atoms with Crippen molar-refractivity contribution < 1.29 is 18.0 Å². The molecule has 0 aliphatic carbocycles. The van der Waals surface area contributed by atoms with Gasteiger partial charge in [0.1, 0.15) is 5.82 Å². The number of thiophene rings is 1. The zero-order valence-electron chi connectivity index (χ0n) is 15.9. The lowest BCUT2D eigenvalue weighted by Gasteiger charge is -2.34. The van der Waals surface area contributed by atoms with E-state index in [1.54, 1.807) is 4.90 Å². The number of alkyl halides is 3. The summed E-state index contributed by atoms with van der Waals surface area (Å²) in [5.41, 5.74) is 0.0499. The second-order valence-electron chi connectivity index (χ2n) is 7.52. The van der Waals surface area contributed by atoms with Gasteiger partial charge in [0, 0.05) is 23.9 Å². The minimum atomic E-state index is -4.46. The lowest BCUT2D eigenvalue weighted by atomic mass is 9.99. The number of anilines is 1. The molecular formula is C19H22BrF3N4OS. The van der Waals surface area contributed by atoms with Crippen molar-refractivity contribution in [3.8, 4) is 0 Å². The molecule has 1 saturated heterocycles. The van der Waals surface area contributed by atoms with Crippen molar-refractivity contribution in [2.75, 3.05) is 11.9 Å². The first kappa shape index (κ1) is 20.7. The van der Waals surface area contributed by atoms with Crippen molar-refractivity contribution in [1.82, 2.24) is 14.7 Å². The zero-order valence-corrected chi connectivity index (χ0v) is 18.3. The van der Waals surface area contributed by atoms with Crippen LogP contribution in [0.3, 0.4) is 0 Å². The topological polar surface area (TPSA) is 50.2 Å². The predicted molar refractivity (Wildman–Crippen MR) is 109 cm³/mol. The summed E-state index contributed by atoms with van der Waals surface area (Å²) >= 11 is 4.79. The third-order valence-corrected chi connectivity index (χ3v) is 7.48. The molecule has 3 atom stereocenters. The average Bonchev–Trinajstić information content (AvgIpc) is 3.34. The Labute approximate surface area is 179 Å². The largest absolute Gasteiger partial charge is 0.410 e. The number of likely N-dealkylation sites (tertiary alicyclic amines) is 1. The molecule has 2 aliphatic rings. The van der Waals surface area contributed by atoms with Crippen LogP contribution in [0.2, 0.25) is 0 Å². The van der Waals surface area contributed by atoms with Crippen LogP contribution in [-0.4, -0.2) is 39.4 Å². The summed E-state index contributed by atoms with van der Waals surface area (Å²) in [5.74, 6) is -0.0916. The number of aromatic nitrogens is 2.